The van der Waals surface area contributed by atoms with Gasteiger partial charge in [0.25, 0.3) is 0 Å². The molecule has 1 unspecified atom stereocenters. The molecule has 2 aromatic carbocycles. The Hall–Kier alpha value is -3.47. The lowest BCUT2D eigenvalue weighted by Crippen LogP contribution is -2.14. The van der Waals surface area contributed by atoms with Crippen molar-refractivity contribution in [1.29, 1.82) is 0 Å². The molecule has 5 heteroatoms. The molecule has 3 aliphatic rings. The van der Waals surface area contributed by atoms with Gasteiger partial charge in [-0.2, -0.15) is 0 Å². The average Bonchev–Trinajstić information content (AvgIpc) is 3.42. The average molecular weight is 524 g/mol. The lowest BCUT2D eigenvalue weighted by molar-refractivity contribution is -0.145. The van der Waals surface area contributed by atoms with Gasteiger partial charge in [0.15, 0.2) is 5.76 Å². The van der Waals surface area contributed by atoms with Crippen LogP contribution in [0.25, 0.3) is 11.1 Å². The maximum Gasteiger partial charge on any atom is 0.338 e. The third kappa shape index (κ3) is 5.63. The monoisotopic (exact) mass is 523 g/mol. The van der Waals surface area contributed by atoms with Gasteiger partial charge in [0.05, 0.1) is 17.9 Å². The largest absolute Gasteiger partial charge is 0.461 e. The molecular formula is C34H37NO4. The molecule has 3 aromatic rings. The fourth-order valence-corrected chi connectivity index (χ4v) is 6.35. The number of rotatable bonds is 10. The van der Waals surface area contributed by atoms with Crippen molar-refractivity contribution in [3.05, 3.63) is 82.8 Å². The number of nitrogens with zero attached hydrogens (tertiary/aromatic N) is 1. The summed E-state index contributed by atoms with van der Waals surface area (Å²) in [5.41, 5.74) is 7.25. The number of fused-ring (bicyclic) bond motifs is 3. The van der Waals surface area contributed by atoms with Gasteiger partial charge in [0, 0.05) is 5.56 Å². The van der Waals surface area contributed by atoms with E-state index in [1.165, 1.54) is 49.5 Å². The van der Waals surface area contributed by atoms with E-state index in [0.29, 0.717) is 17.2 Å². The van der Waals surface area contributed by atoms with Crippen molar-refractivity contribution in [3.8, 4) is 11.1 Å². The second-order valence-electron chi connectivity index (χ2n) is 11.6. The van der Waals surface area contributed by atoms with Gasteiger partial charge in [-0.15, -0.1) is 0 Å². The summed E-state index contributed by atoms with van der Waals surface area (Å²) < 4.78 is 5.38. The second kappa shape index (κ2) is 11.3. The Morgan fingerprint density at radius 1 is 0.974 bits per heavy atom. The van der Waals surface area contributed by atoms with E-state index in [1.807, 2.05) is 12.1 Å². The quantitative estimate of drug-likeness (QED) is 0.116. The zero-order valence-corrected chi connectivity index (χ0v) is 22.8. The first-order chi connectivity index (χ1) is 19.1. The molecule has 6 rings (SSSR count). The molecule has 39 heavy (non-hydrogen) atoms. The molecule has 202 valence electrons. The Morgan fingerprint density at radius 2 is 1.77 bits per heavy atom. The van der Waals surface area contributed by atoms with E-state index >= 15 is 0 Å². The number of furan rings is 1. The minimum absolute atomic E-state index is 0.0133. The van der Waals surface area contributed by atoms with Crippen molar-refractivity contribution in [3.63, 3.8) is 0 Å². The van der Waals surface area contributed by atoms with Crippen molar-refractivity contribution in [2.45, 2.75) is 83.5 Å². The van der Waals surface area contributed by atoms with E-state index in [-0.39, 0.29) is 17.7 Å². The van der Waals surface area contributed by atoms with Crippen molar-refractivity contribution >= 4 is 17.5 Å². The third-order valence-electron chi connectivity index (χ3n) is 8.85. The molecule has 5 nitrogen and oxygen atoms in total. The summed E-state index contributed by atoms with van der Waals surface area (Å²) >= 11 is 0. The third-order valence-corrected chi connectivity index (χ3v) is 8.85. The van der Waals surface area contributed by atoms with Crippen LogP contribution in [0.5, 0.6) is 0 Å². The Labute approximate surface area is 230 Å². The van der Waals surface area contributed by atoms with E-state index in [9.17, 15) is 9.59 Å². The second-order valence-corrected chi connectivity index (χ2v) is 11.6. The van der Waals surface area contributed by atoms with E-state index in [1.54, 1.807) is 12.1 Å². The maximum absolute atomic E-state index is 13.1. The van der Waals surface area contributed by atoms with Crippen molar-refractivity contribution in [2.24, 2.45) is 17.0 Å². The predicted molar refractivity (Wildman–Crippen MR) is 152 cm³/mol. The highest BCUT2D eigenvalue weighted by Gasteiger charge is 2.32. The van der Waals surface area contributed by atoms with Crippen molar-refractivity contribution < 1.29 is 18.8 Å². The summed E-state index contributed by atoms with van der Waals surface area (Å²) in [5, 5.41) is 4.44. The number of carbonyl (C=O) groups is 2. The Bertz CT molecular complexity index is 1380. The minimum atomic E-state index is -0.210. The van der Waals surface area contributed by atoms with Crippen LogP contribution in [-0.4, -0.2) is 17.5 Å². The van der Waals surface area contributed by atoms with E-state index in [0.717, 1.165) is 66.8 Å². The predicted octanol–water partition coefficient (Wildman–Crippen LogP) is 8.25. The molecular weight excluding hydrogens is 486 g/mol. The van der Waals surface area contributed by atoms with Crippen LogP contribution < -0.4 is 0 Å². The molecule has 0 radical (unpaired) electrons. The number of oxime groups is 1. The summed E-state index contributed by atoms with van der Waals surface area (Å²) in [6, 6.07) is 16.0. The summed E-state index contributed by atoms with van der Waals surface area (Å²) in [7, 11) is 0. The van der Waals surface area contributed by atoms with E-state index in [4.69, 9.17) is 9.25 Å². The lowest BCUT2D eigenvalue weighted by atomic mass is 9.76. The van der Waals surface area contributed by atoms with Gasteiger partial charge in [0.1, 0.15) is 0 Å². The Balaban J connectivity index is 1.33. The summed E-state index contributed by atoms with van der Waals surface area (Å²) in [4.78, 5) is 30.9. The summed E-state index contributed by atoms with van der Waals surface area (Å²) in [6.45, 7) is 2.23. The molecule has 0 aliphatic heterocycles. The Kier molecular flexibility index (Phi) is 7.49. The zero-order chi connectivity index (χ0) is 26.8. The number of hydrogen-bond donors (Lipinski definition) is 0. The molecule has 3 aliphatic carbocycles. The molecule has 1 aromatic heterocycles. The summed E-state index contributed by atoms with van der Waals surface area (Å²) in [5.74, 6) is 1.27. The topological polar surface area (TPSA) is 68.9 Å². The number of benzene rings is 2. The highest BCUT2D eigenvalue weighted by Crippen LogP contribution is 2.42. The fraction of sp³-hybridized carbons (Fsp3) is 0.441. The first kappa shape index (κ1) is 25.8. The minimum Gasteiger partial charge on any atom is -0.461 e. The van der Waals surface area contributed by atoms with Crippen LogP contribution in [0.4, 0.5) is 0 Å². The smallest absolute Gasteiger partial charge is 0.338 e. The first-order valence-electron chi connectivity index (χ1n) is 14.7. The SMILES string of the molecule is CCC1Cc2ccc(C(=O)c3ccco3)cc2-c2cc(C(CCCC3CCCC3)=NOC(=O)C3CC3)ccc21. The van der Waals surface area contributed by atoms with Crippen LogP contribution in [0.3, 0.4) is 0 Å². The molecule has 0 saturated heterocycles. The van der Waals surface area contributed by atoms with Crippen LogP contribution >= 0.6 is 0 Å². The molecule has 2 saturated carbocycles. The van der Waals surface area contributed by atoms with Crippen molar-refractivity contribution in [2.75, 3.05) is 0 Å². The van der Waals surface area contributed by atoms with Gasteiger partial charge in [-0.05, 0) is 102 Å². The highest BCUT2D eigenvalue weighted by molar-refractivity contribution is 6.08. The van der Waals surface area contributed by atoms with Gasteiger partial charge in [-0.3, -0.25) is 4.79 Å². The molecule has 1 heterocycles. The normalized spacial score (nSPS) is 19.0. The zero-order valence-electron chi connectivity index (χ0n) is 22.8. The molecule has 0 bridgehead atoms. The van der Waals surface area contributed by atoms with Crippen LogP contribution in [0, 0.1) is 11.8 Å². The highest BCUT2D eigenvalue weighted by atomic mass is 16.7. The van der Waals surface area contributed by atoms with Gasteiger partial charge < -0.3 is 9.25 Å². The molecule has 1 atom stereocenters. The Morgan fingerprint density at radius 3 is 2.51 bits per heavy atom. The number of ketones is 1. The molecule has 0 amide bonds. The maximum atomic E-state index is 13.1. The molecule has 2 fully saturated rings. The van der Waals surface area contributed by atoms with Crippen LogP contribution in [0.15, 0.2) is 64.4 Å². The summed E-state index contributed by atoms with van der Waals surface area (Å²) in [6.07, 6.45) is 13.7. The first-order valence-corrected chi connectivity index (χ1v) is 14.7. The molecule has 0 spiro atoms. The van der Waals surface area contributed by atoms with Crippen LogP contribution in [0.1, 0.15) is 110 Å². The lowest BCUT2D eigenvalue weighted by Gasteiger charge is -2.28. The number of hydrogen-bond acceptors (Lipinski definition) is 5. The van der Waals surface area contributed by atoms with Gasteiger partial charge in [-0.25, -0.2) is 4.79 Å². The van der Waals surface area contributed by atoms with E-state index in [2.05, 4.69) is 36.3 Å². The van der Waals surface area contributed by atoms with Gasteiger partial charge in [-0.1, -0.05) is 68.4 Å². The number of carbonyl (C=O) groups excluding carboxylic acids is 2. The van der Waals surface area contributed by atoms with Crippen LogP contribution in [-0.2, 0) is 16.1 Å². The van der Waals surface area contributed by atoms with Crippen LogP contribution in [0.2, 0.25) is 0 Å². The standard InChI is InChI=1S/C34H37NO4/c1-2-23-19-25-14-15-27(33(36)32-11-6-18-38-32)21-29(25)30-20-26(16-17-28(23)30)31(35-39-34(37)24-12-13-24)10-5-9-22-7-3-4-8-22/h6,11,14-18,20-24H,2-5,7-10,12-13,19H2,1H3. The van der Waals surface area contributed by atoms with Crippen molar-refractivity contribution in [1.82, 2.24) is 0 Å². The van der Waals surface area contributed by atoms with Gasteiger partial charge in [0.2, 0.25) is 5.78 Å². The molecule has 0 N–H and O–H groups in total. The van der Waals surface area contributed by atoms with E-state index < -0.39 is 0 Å². The van der Waals surface area contributed by atoms with Gasteiger partial charge >= 0.3 is 5.97 Å². The fourth-order valence-electron chi connectivity index (χ4n) is 6.35.